The van der Waals surface area contributed by atoms with E-state index in [-0.39, 0.29) is 17.9 Å². The number of anilines is 1. The largest absolute Gasteiger partial charge is 0.450 e. The van der Waals surface area contributed by atoms with Gasteiger partial charge in [0.2, 0.25) is 5.91 Å². The van der Waals surface area contributed by atoms with Crippen molar-refractivity contribution in [2.24, 2.45) is 7.05 Å². The summed E-state index contributed by atoms with van der Waals surface area (Å²) < 4.78 is 8.15. The summed E-state index contributed by atoms with van der Waals surface area (Å²) >= 11 is 0. The van der Waals surface area contributed by atoms with Gasteiger partial charge in [0.15, 0.2) is 0 Å². The Morgan fingerprint density at radius 1 is 1.06 bits per heavy atom. The molecule has 1 aliphatic rings. The number of piperazine rings is 1. The molecule has 1 N–H and O–H groups in total. The second kappa shape index (κ2) is 9.19. The van der Waals surface area contributed by atoms with Crippen LogP contribution in [0.5, 0.6) is 0 Å². The Kier molecular flexibility index (Phi) is 6.62. The standard InChI is InChI=1S/C20H29N7O4/c1-6-31-20(30)26-9-7-25(8-10-26)19(29)15(4)27-12-17(14(3)23-27)21-18(28)16-11-24(5)22-13(16)2/h11-12,15H,6-10H2,1-5H3,(H,21,28). The van der Waals surface area contributed by atoms with E-state index in [9.17, 15) is 14.4 Å². The fourth-order valence-electron chi connectivity index (χ4n) is 3.52. The van der Waals surface area contributed by atoms with Crippen LogP contribution >= 0.6 is 0 Å². The van der Waals surface area contributed by atoms with E-state index in [1.165, 1.54) is 0 Å². The van der Waals surface area contributed by atoms with Crippen LogP contribution in [0.1, 0.15) is 41.6 Å². The Hall–Kier alpha value is -3.37. The van der Waals surface area contributed by atoms with Crippen molar-refractivity contribution in [3.63, 3.8) is 0 Å². The normalized spacial score (nSPS) is 15.0. The summed E-state index contributed by atoms with van der Waals surface area (Å²) in [7, 11) is 1.76. The molecular weight excluding hydrogens is 402 g/mol. The SMILES string of the molecule is CCOC(=O)N1CCN(C(=O)C(C)n2cc(NC(=O)c3cn(C)nc3C)c(C)n2)CC1. The van der Waals surface area contributed by atoms with Crippen molar-refractivity contribution < 1.29 is 19.1 Å². The number of carbonyl (C=O) groups excluding carboxylic acids is 3. The summed E-state index contributed by atoms with van der Waals surface area (Å²) in [5.74, 6) is -0.366. The predicted molar refractivity (Wildman–Crippen MR) is 113 cm³/mol. The second-order valence-electron chi connectivity index (χ2n) is 7.55. The summed E-state index contributed by atoms with van der Waals surface area (Å²) in [6.07, 6.45) is 2.97. The fourth-order valence-corrected chi connectivity index (χ4v) is 3.52. The first kappa shape index (κ1) is 22.3. The molecule has 1 unspecified atom stereocenters. The van der Waals surface area contributed by atoms with Crippen molar-refractivity contribution in [1.82, 2.24) is 29.4 Å². The zero-order chi connectivity index (χ0) is 22.7. The van der Waals surface area contributed by atoms with Crippen LogP contribution < -0.4 is 5.32 Å². The third kappa shape index (κ3) is 4.86. The number of aryl methyl sites for hydroxylation is 3. The highest BCUT2D eigenvalue weighted by molar-refractivity contribution is 6.05. The first-order chi connectivity index (χ1) is 14.7. The molecule has 11 heteroatoms. The Morgan fingerprint density at radius 3 is 2.29 bits per heavy atom. The molecule has 1 atom stereocenters. The fraction of sp³-hybridized carbons (Fsp3) is 0.550. The van der Waals surface area contributed by atoms with E-state index in [4.69, 9.17) is 4.74 Å². The van der Waals surface area contributed by atoms with Crippen molar-refractivity contribution in [1.29, 1.82) is 0 Å². The highest BCUT2D eigenvalue weighted by Gasteiger charge is 2.29. The molecule has 2 aromatic heterocycles. The Morgan fingerprint density at radius 2 is 1.71 bits per heavy atom. The van der Waals surface area contributed by atoms with Crippen molar-refractivity contribution in [3.05, 3.63) is 29.3 Å². The number of nitrogens with zero attached hydrogens (tertiary/aromatic N) is 6. The van der Waals surface area contributed by atoms with Crippen molar-refractivity contribution in [2.75, 3.05) is 38.1 Å². The number of amides is 3. The first-order valence-corrected chi connectivity index (χ1v) is 10.3. The van der Waals surface area contributed by atoms with Gasteiger partial charge in [0.1, 0.15) is 6.04 Å². The van der Waals surface area contributed by atoms with Crippen LogP contribution in [0.15, 0.2) is 12.4 Å². The maximum absolute atomic E-state index is 12.9. The maximum Gasteiger partial charge on any atom is 0.409 e. The summed E-state index contributed by atoms with van der Waals surface area (Å²) in [5, 5.41) is 11.4. The molecule has 0 spiro atoms. The molecule has 0 aliphatic carbocycles. The van der Waals surface area contributed by atoms with Gasteiger partial charge < -0.3 is 19.9 Å². The van der Waals surface area contributed by atoms with Crippen molar-refractivity contribution in [3.8, 4) is 0 Å². The average Bonchev–Trinajstić information content (AvgIpc) is 3.28. The molecule has 0 saturated carbocycles. The molecule has 3 rings (SSSR count). The lowest BCUT2D eigenvalue weighted by atomic mass is 10.2. The Labute approximate surface area is 180 Å². The molecule has 1 saturated heterocycles. The van der Waals surface area contributed by atoms with E-state index in [1.54, 1.807) is 66.3 Å². The lowest BCUT2D eigenvalue weighted by Gasteiger charge is -2.35. The second-order valence-corrected chi connectivity index (χ2v) is 7.55. The van der Waals surface area contributed by atoms with E-state index in [0.717, 1.165) is 0 Å². The number of carbonyl (C=O) groups is 3. The van der Waals surface area contributed by atoms with Gasteiger partial charge in [-0.15, -0.1) is 0 Å². The molecule has 0 radical (unpaired) electrons. The molecule has 168 valence electrons. The molecule has 2 aromatic rings. The van der Waals surface area contributed by atoms with Crippen LogP contribution in [0.2, 0.25) is 0 Å². The molecule has 1 aliphatic heterocycles. The first-order valence-electron chi connectivity index (χ1n) is 10.3. The highest BCUT2D eigenvalue weighted by atomic mass is 16.6. The van der Waals surface area contributed by atoms with Gasteiger partial charge in [-0.3, -0.25) is 19.0 Å². The van der Waals surface area contributed by atoms with Gasteiger partial charge in [-0.25, -0.2) is 4.79 Å². The smallest absolute Gasteiger partial charge is 0.409 e. The molecule has 1 fully saturated rings. The monoisotopic (exact) mass is 431 g/mol. The van der Waals surface area contributed by atoms with Crippen LogP contribution in [0.4, 0.5) is 10.5 Å². The number of rotatable bonds is 5. The number of ether oxygens (including phenoxy) is 1. The highest BCUT2D eigenvalue weighted by Crippen LogP contribution is 2.20. The third-order valence-electron chi connectivity index (χ3n) is 5.29. The van der Waals surface area contributed by atoms with E-state index in [2.05, 4.69) is 15.5 Å². The summed E-state index contributed by atoms with van der Waals surface area (Å²) in [6.45, 7) is 9.14. The van der Waals surface area contributed by atoms with Crippen LogP contribution in [0.25, 0.3) is 0 Å². The van der Waals surface area contributed by atoms with Gasteiger partial charge in [-0.1, -0.05) is 0 Å². The van der Waals surface area contributed by atoms with E-state index in [0.29, 0.717) is 55.4 Å². The van der Waals surface area contributed by atoms with Crippen LogP contribution in [0, 0.1) is 13.8 Å². The quantitative estimate of drug-likeness (QED) is 0.764. The molecule has 0 aromatic carbocycles. The summed E-state index contributed by atoms with van der Waals surface area (Å²) in [4.78, 5) is 40.7. The maximum atomic E-state index is 12.9. The minimum atomic E-state index is -0.543. The molecule has 3 amide bonds. The minimum absolute atomic E-state index is 0.0908. The zero-order valence-corrected chi connectivity index (χ0v) is 18.6. The van der Waals surface area contributed by atoms with Gasteiger partial charge in [-0.2, -0.15) is 10.2 Å². The molecular formula is C20H29N7O4. The van der Waals surface area contributed by atoms with Crippen molar-refractivity contribution >= 4 is 23.6 Å². The number of nitrogens with one attached hydrogen (secondary N) is 1. The van der Waals surface area contributed by atoms with Gasteiger partial charge in [0.05, 0.1) is 29.2 Å². The van der Waals surface area contributed by atoms with E-state index < -0.39 is 6.04 Å². The lowest BCUT2D eigenvalue weighted by Crippen LogP contribution is -2.52. The number of aromatic nitrogens is 4. The molecule has 0 bridgehead atoms. The van der Waals surface area contributed by atoms with Crippen molar-refractivity contribution in [2.45, 2.75) is 33.7 Å². The lowest BCUT2D eigenvalue weighted by molar-refractivity contribution is -0.136. The molecule has 31 heavy (non-hydrogen) atoms. The van der Waals surface area contributed by atoms with Crippen LogP contribution in [-0.2, 0) is 16.6 Å². The van der Waals surface area contributed by atoms with E-state index >= 15 is 0 Å². The number of hydrogen-bond acceptors (Lipinski definition) is 6. The Bertz CT molecular complexity index is 972. The van der Waals surface area contributed by atoms with Gasteiger partial charge >= 0.3 is 6.09 Å². The van der Waals surface area contributed by atoms with Gasteiger partial charge in [-0.05, 0) is 27.7 Å². The van der Waals surface area contributed by atoms with Gasteiger partial charge in [0, 0.05) is 45.6 Å². The van der Waals surface area contributed by atoms with Crippen LogP contribution in [-0.4, -0.2) is 80.1 Å². The van der Waals surface area contributed by atoms with Gasteiger partial charge in [0.25, 0.3) is 5.91 Å². The van der Waals surface area contributed by atoms with Crippen LogP contribution in [0.3, 0.4) is 0 Å². The topological polar surface area (TPSA) is 115 Å². The summed E-state index contributed by atoms with van der Waals surface area (Å²) in [6, 6.07) is -0.543. The predicted octanol–water partition coefficient (Wildman–Crippen LogP) is 1.35. The Balaban J connectivity index is 1.63. The zero-order valence-electron chi connectivity index (χ0n) is 18.6. The number of hydrogen-bond donors (Lipinski definition) is 1. The molecule has 11 nitrogen and oxygen atoms in total. The van der Waals surface area contributed by atoms with E-state index in [1.807, 2.05) is 0 Å². The third-order valence-corrected chi connectivity index (χ3v) is 5.29. The molecule has 3 heterocycles. The average molecular weight is 431 g/mol. The minimum Gasteiger partial charge on any atom is -0.450 e. The summed E-state index contributed by atoms with van der Waals surface area (Å²) in [5.41, 5.74) is 2.27.